The lowest BCUT2D eigenvalue weighted by Crippen LogP contribution is -2.21. The highest BCUT2D eigenvalue weighted by Gasteiger charge is 2.07. The van der Waals surface area contributed by atoms with Crippen molar-refractivity contribution in [1.82, 2.24) is 9.97 Å². The third kappa shape index (κ3) is 3.00. The Morgan fingerprint density at radius 2 is 2.06 bits per heavy atom. The molecule has 0 radical (unpaired) electrons. The van der Waals surface area contributed by atoms with Gasteiger partial charge in [-0.05, 0) is 30.7 Å². The monoisotopic (exact) mass is 246 g/mol. The van der Waals surface area contributed by atoms with E-state index < -0.39 is 11.8 Å². The molecule has 0 aromatic carbocycles. The Labute approximate surface area is 103 Å². The molecule has 0 aliphatic carbocycles. The van der Waals surface area contributed by atoms with Crippen molar-refractivity contribution in [3.05, 3.63) is 48.0 Å². The number of nitrogens with one attached hydrogen (secondary N) is 2. The van der Waals surface area contributed by atoms with Gasteiger partial charge in [-0.2, -0.15) is 0 Å². The van der Waals surface area contributed by atoms with Crippen molar-refractivity contribution in [2.75, 3.05) is 10.6 Å². The Hall–Kier alpha value is -2.50. The molecule has 2 amide bonds. The maximum Gasteiger partial charge on any atom is 0.326 e. The number of carbonyl (C=O) groups is 1. The van der Waals surface area contributed by atoms with E-state index in [0.717, 1.165) is 5.56 Å². The molecule has 0 saturated carbocycles. The second-order valence-corrected chi connectivity index (χ2v) is 3.63. The number of aryl methyl sites for hydroxylation is 1. The third-order valence-corrected chi connectivity index (χ3v) is 2.14. The van der Waals surface area contributed by atoms with E-state index >= 15 is 0 Å². The molecule has 2 rings (SSSR count). The Bertz CT molecular complexity index is 556. The number of amides is 2. The molecule has 0 bridgehead atoms. The molecule has 0 aliphatic rings. The fraction of sp³-hybridized carbons (Fsp3) is 0.0833. The molecule has 0 saturated heterocycles. The van der Waals surface area contributed by atoms with E-state index in [1.165, 1.54) is 18.3 Å². The van der Waals surface area contributed by atoms with Gasteiger partial charge in [0.15, 0.2) is 11.6 Å². The first-order chi connectivity index (χ1) is 8.65. The summed E-state index contributed by atoms with van der Waals surface area (Å²) in [5.74, 6) is -0.332. The summed E-state index contributed by atoms with van der Waals surface area (Å²) < 4.78 is 13.2. The second kappa shape index (κ2) is 5.22. The molecule has 2 N–H and O–H groups in total. The average Bonchev–Trinajstić information content (AvgIpc) is 2.35. The highest BCUT2D eigenvalue weighted by atomic mass is 19.1. The molecule has 2 heterocycles. The molecule has 6 heteroatoms. The van der Waals surface area contributed by atoms with Crippen LogP contribution in [0.15, 0.2) is 36.7 Å². The number of pyridine rings is 2. The van der Waals surface area contributed by atoms with Gasteiger partial charge in [0.05, 0.1) is 0 Å². The summed E-state index contributed by atoms with van der Waals surface area (Å²) in [5.41, 5.74) is 0.983. The highest BCUT2D eigenvalue weighted by molar-refractivity contribution is 5.98. The number of halogens is 1. The van der Waals surface area contributed by atoms with Crippen molar-refractivity contribution >= 4 is 17.7 Å². The summed E-state index contributed by atoms with van der Waals surface area (Å²) in [4.78, 5) is 19.3. The van der Waals surface area contributed by atoms with Gasteiger partial charge < -0.3 is 0 Å². The molecule has 0 fully saturated rings. The zero-order chi connectivity index (χ0) is 13.0. The maximum absolute atomic E-state index is 13.2. The van der Waals surface area contributed by atoms with Crippen LogP contribution in [-0.2, 0) is 0 Å². The predicted molar refractivity (Wildman–Crippen MR) is 65.8 cm³/mol. The number of urea groups is 1. The van der Waals surface area contributed by atoms with E-state index in [9.17, 15) is 9.18 Å². The summed E-state index contributed by atoms with van der Waals surface area (Å²) in [5, 5.41) is 4.77. The van der Waals surface area contributed by atoms with Crippen LogP contribution in [0.5, 0.6) is 0 Å². The van der Waals surface area contributed by atoms with Crippen LogP contribution in [0.2, 0.25) is 0 Å². The smallest absolute Gasteiger partial charge is 0.292 e. The van der Waals surface area contributed by atoms with Crippen molar-refractivity contribution in [3.63, 3.8) is 0 Å². The zero-order valence-electron chi connectivity index (χ0n) is 9.64. The molecule has 5 nitrogen and oxygen atoms in total. The topological polar surface area (TPSA) is 66.9 Å². The molecule has 2 aromatic heterocycles. The molecule has 0 unspecified atom stereocenters. The number of aromatic nitrogens is 2. The van der Waals surface area contributed by atoms with Gasteiger partial charge in [0, 0.05) is 12.4 Å². The quantitative estimate of drug-likeness (QED) is 0.855. The van der Waals surface area contributed by atoms with E-state index in [2.05, 4.69) is 20.6 Å². The molecule has 2 aromatic rings. The first kappa shape index (κ1) is 12.0. The van der Waals surface area contributed by atoms with Crippen molar-refractivity contribution in [1.29, 1.82) is 0 Å². The van der Waals surface area contributed by atoms with E-state index in [-0.39, 0.29) is 5.82 Å². The van der Waals surface area contributed by atoms with Crippen molar-refractivity contribution in [2.45, 2.75) is 6.92 Å². The van der Waals surface area contributed by atoms with Gasteiger partial charge in [-0.25, -0.2) is 19.2 Å². The summed E-state index contributed by atoms with van der Waals surface area (Å²) in [6, 6.07) is 5.53. The lowest BCUT2D eigenvalue weighted by atomic mass is 10.3. The number of anilines is 2. The Balaban J connectivity index is 2.01. The molecular formula is C12H11FN4O. The SMILES string of the molecule is Cc1ccc(NC(=O)Nc2ncccc2F)nc1. The normalized spacial score (nSPS) is 9.89. The van der Waals surface area contributed by atoms with Gasteiger partial charge in [0.2, 0.25) is 0 Å². The van der Waals surface area contributed by atoms with Crippen LogP contribution in [-0.4, -0.2) is 16.0 Å². The van der Waals surface area contributed by atoms with Crippen LogP contribution in [0.25, 0.3) is 0 Å². The standard InChI is InChI=1S/C12H11FN4O/c1-8-4-5-10(15-7-8)16-12(18)17-11-9(13)3-2-6-14-11/h2-7H,1H3,(H2,14,15,16,17,18). The highest BCUT2D eigenvalue weighted by Crippen LogP contribution is 2.09. The van der Waals surface area contributed by atoms with E-state index in [4.69, 9.17) is 0 Å². The van der Waals surface area contributed by atoms with Gasteiger partial charge >= 0.3 is 6.03 Å². The maximum atomic E-state index is 13.2. The van der Waals surface area contributed by atoms with Crippen LogP contribution in [0.3, 0.4) is 0 Å². The van der Waals surface area contributed by atoms with Crippen molar-refractivity contribution < 1.29 is 9.18 Å². The molecule has 92 valence electrons. The molecular weight excluding hydrogens is 235 g/mol. The van der Waals surface area contributed by atoms with Crippen LogP contribution < -0.4 is 10.6 Å². The van der Waals surface area contributed by atoms with Gasteiger partial charge in [-0.3, -0.25) is 10.6 Å². The average molecular weight is 246 g/mol. The second-order valence-electron chi connectivity index (χ2n) is 3.63. The lowest BCUT2D eigenvalue weighted by Gasteiger charge is -2.06. The van der Waals surface area contributed by atoms with Crippen molar-refractivity contribution in [2.24, 2.45) is 0 Å². The van der Waals surface area contributed by atoms with E-state index in [0.29, 0.717) is 5.82 Å². The largest absolute Gasteiger partial charge is 0.326 e. The Kier molecular flexibility index (Phi) is 3.47. The Morgan fingerprint density at radius 3 is 2.72 bits per heavy atom. The lowest BCUT2D eigenvalue weighted by molar-refractivity contribution is 0.262. The first-order valence-electron chi connectivity index (χ1n) is 5.26. The summed E-state index contributed by atoms with van der Waals surface area (Å²) in [6.45, 7) is 1.89. The summed E-state index contributed by atoms with van der Waals surface area (Å²) in [6.07, 6.45) is 3.01. The summed E-state index contributed by atoms with van der Waals surface area (Å²) in [7, 11) is 0. The van der Waals surface area contributed by atoms with Gasteiger partial charge in [-0.1, -0.05) is 6.07 Å². The van der Waals surface area contributed by atoms with Crippen LogP contribution in [0.4, 0.5) is 20.8 Å². The minimum Gasteiger partial charge on any atom is -0.292 e. The van der Waals surface area contributed by atoms with Crippen LogP contribution in [0.1, 0.15) is 5.56 Å². The zero-order valence-corrected chi connectivity index (χ0v) is 9.64. The molecule has 0 aliphatic heterocycles. The van der Waals surface area contributed by atoms with E-state index in [1.807, 2.05) is 13.0 Å². The van der Waals surface area contributed by atoms with Gasteiger partial charge in [-0.15, -0.1) is 0 Å². The third-order valence-electron chi connectivity index (χ3n) is 2.14. The van der Waals surface area contributed by atoms with Crippen LogP contribution in [0, 0.1) is 12.7 Å². The summed E-state index contributed by atoms with van der Waals surface area (Å²) >= 11 is 0. The van der Waals surface area contributed by atoms with Crippen molar-refractivity contribution in [3.8, 4) is 0 Å². The molecule has 0 atom stereocenters. The van der Waals surface area contributed by atoms with Gasteiger partial charge in [0.25, 0.3) is 0 Å². The number of hydrogen-bond acceptors (Lipinski definition) is 3. The number of carbonyl (C=O) groups excluding carboxylic acids is 1. The Morgan fingerprint density at radius 1 is 1.22 bits per heavy atom. The predicted octanol–water partition coefficient (Wildman–Crippen LogP) is 2.57. The number of hydrogen-bond donors (Lipinski definition) is 2. The fourth-order valence-corrected chi connectivity index (χ4v) is 1.27. The minimum absolute atomic E-state index is 0.123. The molecule has 18 heavy (non-hydrogen) atoms. The van der Waals surface area contributed by atoms with E-state index in [1.54, 1.807) is 12.3 Å². The fourth-order valence-electron chi connectivity index (χ4n) is 1.27. The van der Waals surface area contributed by atoms with Gasteiger partial charge in [0.1, 0.15) is 5.82 Å². The van der Waals surface area contributed by atoms with Crippen LogP contribution >= 0.6 is 0 Å². The number of rotatable bonds is 2. The first-order valence-corrected chi connectivity index (χ1v) is 5.26. The minimum atomic E-state index is -0.594. The molecule has 0 spiro atoms. The number of nitrogens with zero attached hydrogens (tertiary/aromatic N) is 2.